The number of halogens is 1. The first-order valence-electron chi connectivity index (χ1n) is 11.2. The zero-order chi connectivity index (χ0) is 24.1. The van der Waals surface area contributed by atoms with E-state index in [-0.39, 0.29) is 17.7 Å². The number of amides is 2. The highest BCUT2D eigenvalue weighted by atomic mass is 35.5. The van der Waals surface area contributed by atoms with Gasteiger partial charge in [0.05, 0.1) is 20.5 Å². The summed E-state index contributed by atoms with van der Waals surface area (Å²) in [6.07, 6.45) is 5.35. The minimum atomic E-state index is -1.05. The highest BCUT2D eigenvalue weighted by molar-refractivity contribution is 6.30. The maximum Gasteiger partial charge on any atom is 0.294 e. The Morgan fingerprint density at radius 1 is 1.03 bits per heavy atom. The van der Waals surface area contributed by atoms with Crippen molar-refractivity contribution in [3.8, 4) is 11.5 Å². The molecule has 1 aliphatic rings. The molecule has 178 valence electrons. The van der Waals surface area contributed by atoms with Crippen LogP contribution in [-0.4, -0.2) is 32.1 Å². The Labute approximate surface area is 203 Å². The van der Waals surface area contributed by atoms with Crippen molar-refractivity contribution in [1.29, 1.82) is 0 Å². The SMILES string of the molecule is COc1cccc([C@H](C(=O)NC2CCCC2)N(C(=O)c2ccco2)c2ccc(Cl)cc2)c1OC. The first-order valence-corrected chi connectivity index (χ1v) is 11.5. The van der Waals surface area contributed by atoms with Crippen molar-refractivity contribution in [3.05, 3.63) is 77.2 Å². The summed E-state index contributed by atoms with van der Waals surface area (Å²) in [6, 6.07) is 14.2. The number of para-hydroxylation sites is 1. The summed E-state index contributed by atoms with van der Waals surface area (Å²) in [5.41, 5.74) is 0.981. The van der Waals surface area contributed by atoms with Gasteiger partial charge in [-0.1, -0.05) is 36.6 Å². The molecule has 7 nitrogen and oxygen atoms in total. The van der Waals surface area contributed by atoms with E-state index < -0.39 is 11.9 Å². The van der Waals surface area contributed by atoms with Gasteiger partial charge in [-0.15, -0.1) is 0 Å². The van der Waals surface area contributed by atoms with Crippen LogP contribution in [0.2, 0.25) is 5.02 Å². The number of furan rings is 1. The fourth-order valence-electron chi connectivity index (χ4n) is 4.38. The lowest BCUT2D eigenvalue weighted by atomic mass is 10.00. The minimum absolute atomic E-state index is 0.0531. The molecule has 1 aromatic heterocycles. The van der Waals surface area contributed by atoms with Gasteiger partial charge < -0.3 is 19.2 Å². The van der Waals surface area contributed by atoms with Crippen molar-refractivity contribution in [2.75, 3.05) is 19.1 Å². The molecule has 0 saturated heterocycles. The topological polar surface area (TPSA) is 81.0 Å². The van der Waals surface area contributed by atoms with Crippen molar-refractivity contribution in [2.45, 2.75) is 37.8 Å². The Morgan fingerprint density at radius 3 is 2.38 bits per heavy atom. The molecule has 1 atom stereocenters. The minimum Gasteiger partial charge on any atom is -0.493 e. The van der Waals surface area contributed by atoms with Crippen LogP contribution in [0.3, 0.4) is 0 Å². The van der Waals surface area contributed by atoms with Gasteiger partial charge >= 0.3 is 0 Å². The van der Waals surface area contributed by atoms with Crippen molar-refractivity contribution < 1.29 is 23.5 Å². The fraction of sp³-hybridized carbons (Fsp3) is 0.308. The summed E-state index contributed by atoms with van der Waals surface area (Å²) in [5, 5.41) is 3.66. The van der Waals surface area contributed by atoms with Gasteiger partial charge in [-0.3, -0.25) is 14.5 Å². The number of nitrogens with zero attached hydrogens (tertiary/aromatic N) is 1. The van der Waals surface area contributed by atoms with Crippen LogP contribution in [0.25, 0.3) is 0 Å². The van der Waals surface area contributed by atoms with Gasteiger partial charge in [-0.25, -0.2) is 0 Å². The molecule has 1 saturated carbocycles. The van der Waals surface area contributed by atoms with E-state index in [0.717, 1.165) is 25.7 Å². The van der Waals surface area contributed by atoms with Crippen molar-refractivity contribution in [3.63, 3.8) is 0 Å². The Hall–Kier alpha value is -3.45. The molecule has 3 aromatic rings. The average Bonchev–Trinajstić information content (AvgIpc) is 3.57. The quantitative estimate of drug-likeness (QED) is 0.465. The molecular formula is C26H27ClN2O5. The third-order valence-corrected chi connectivity index (χ3v) is 6.24. The molecule has 0 radical (unpaired) electrons. The number of ether oxygens (including phenoxy) is 2. The van der Waals surface area contributed by atoms with Gasteiger partial charge in [0, 0.05) is 22.3 Å². The van der Waals surface area contributed by atoms with Crippen LogP contribution in [0.5, 0.6) is 11.5 Å². The summed E-state index contributed by atoms with van der Waals surface area (Å²) in [6.45, 7) is 0. The third-order valence-electron chi connectivity index (χ3n) is 5.99. The molecule has 0 bridgehead atoms. The van der Waals surface area contributed by atoms with Crippen LogP contribution in [0, 0.1) is 0 Å². The van der Waals surface area contributed by atoms with Crippen LogP contribution < -0.4 is 19.7 Å². The predicted molar refractivity (Wildman–Crippen MR) is 130 cm³/mol. The Balaban J connectivity index is 1.88. The number of hydrogen-bond acceptors (Lipinski definition) is 5. The van der Waals surface area contributed by atoms with Crippen LogP contribution in [0.1, 0.15) is 47.8 Å². The van der Waals surface area contributed by atoms with E-state index in [1.165, 1.54) is 25.4 Å². The molecule has 2 amide bonds. The number of hydrogen-bond donors (Lipinski definition) is 1. The third kappa shape index (κ3) is 4.89. The summed E-state index contributed by atoms with van der Waals surface area (Å²) >= 11 is 6.12. The average molecular weight is 483 g/mol. The number of rotatable bonds is 8. The van der Waals surface area contributed by atoms with E-state index in [1.807, 2.05) is 0 Å². The van der Waals surface area contributed by atoms with Crippen molar-refractivity contribution >= 4 is 29.1 Å². The zero-order valence-corrected chi connectivity index (χ0v) is 19.9. The Kier molecular flexibility index (Phi) is 7.43. The van der Waals surface area contributed by atoms with Gasteiger partial charge in [0.2, 0.25) is 5.91 Å². The van der Waals surface area contributed by atoms with E-state index in [9.17, 15) is 9.59 Å². The van der Waals surface area contributed by atoms with E-state index in [2.05, 4.69) is 5.32 Å². The predicted octanol–water partition coefficient (Wildman–Crippen LogP) is 5.40. The second-order valence-electron chi connectivity index (χ2n) is 8.10. The molecule has 34 heavy (non-hydrogen) atoms. The Bertz CT molecular complexity index is 1120. The molecule has 1 fully saturated rings. The number of nitrogens with one attached hydrogen (secondary N) is 1. The first kappa shape index (κ1) is 23.7. The van der Waals surface area contributed by atoms with Crippen molar-refractivity contribution in [1.82, 2.24) is 5.32 Å². The smallest absolute Gasteiger partial charge is 0.294 e. The summed E-state index contributed by atoms with van der Waals surface area (Å²) < 4.78 is 16.6. The second-order valence-corrected chi connectivity index (χ2v) is 8.54. The highest BCUT2D eigenvalue weighted by Crippen LogP contribution is 2.40. The highest BCUT2D eigenvalue weighted by Gasteiger charge is 2.38. The van der Waals surface area contributed by atoms with Crippen LogP contribution in [-0.2, 0) is 4.79 Å². The molecule has 0 spiro atoms. The number of carbonyl (C=O) groups is 2. The van der Waals surface area contributed by atoms with Crippen molar-refractivity contribution in [2.24, 2.45) is 0 Å². The molecule has 0 unspecified atom stereocenters. The van der Waals surface area contributed by atoms with Gasteiger partial charge in [0.25, 0.3) is 5.91 Å². The normalized spacial score (nSPS) is 14.4. The van der Waals surface area contributed by atoms with Crippen LogP contribution in [0.4, 0.5) is 5.69 Å². The number of carbonyl (C=O) groups excluding carboxylic acids is 2. The second kappa shape index (κ2) is 10.7. The molecule has 1 N–H and O–H groups in total. The zero-order valence-electron chi connectivity index (χ0n) is 19.1. The maximum atomic E-state index is 13.9. The summed E-state index contributed by atoms with van der Waals surface area (Å²) in [4.78, 5) is 29.0. The lowest BCUT2D eigenvalue weighted by molar-refractivity contribution is -0.123. The summed E-state index contributed by atoms with van der Waals surface area (Å²) in [5.74, 6) is 0.163. The van der Waals surface area contributed by atoms with Crippen LogP contribution in [0.15, 0.2) is 65.3 Å². The molecule has 2 aromatic carbocycles. The molecule has 1 aliphatic carbocycles. The van der Waals surface area contributed by atoms with E-state index >= 15 is 0 Å². The fourth-order valence-corrected chi connectivity index (χ4v) is 4.51. The molecule has 1 heterocycles. The largest absolute Gasteiger partial charge is 0.493 e. The van der Waals surface area contributed by atoms with Crippen LogP contribution >= 0.6 is 11.6 Å². The lowest BCUT2D eigenvalue weighted by Gasteiger charge is -2.32. The van der Waals surface area contributed by atoms with E-state index in [1.54, 1.807) is 54.6 Å². The van der Waals surface area contributed by atoms with Gasteiger partial charge in [0.15, 0.2) is 17.3 Å². The van der Waals surface area contributed by atoms with Gasteiger partial charge in [-0.05, 0) is 55.3 Å². The van der Waals surface area contributed by atoms with E-state index in [4.69, 9.17) is 25.5 Å². The molecule has 4 rings (SSSR count). The molecule has 8 heteroatoms. The Morgan fingerprint density at radius 2 is 1.76 bits per heavy atom. The van der Waals surface area contributed by atoms with Gasteiger partial charge in [-0.2, -0.15) is 0 Å². The standard InChI is InChI=1S/C26H27ClN2O5/c1-32-21-10-5-9-20(24(21)33-2)23(25(30)28-18-7-3-4-8-18)29(19-14-12-17(27)13-15-19)26(31)22-11-6-16-34-22/h5-6,9-16,18,23H,3-4,7-8H2,1-2H3,(H,28,30)/t23-/m1/s1. The molecular weight excluding hydrogens is 456 g/mol. The number of anilines is 1. The number of benzene rings is 2. The summed E-state index contributed by atoms with van der Waals surface area (Å²) in [7, 11) is 3.04. The first-order chi connectivity index (χ1) is 16.5. The number of methoxy groups -OCH3 is 2. The lowest BCUT2D eigenvalue weighted by Crippen LogP contribution is -2.46. The van der Waals surface area contributed by atoms with Gasteiger partial charge in [0.1, 0.15) is 6.04 Å². The molecule has 0 aliphatic heterocycles. The van der Waals surface area contributed by atoms with E-state index in [0.29, 0.717) is 27.8 Å². The maximum absolute atomic E-state index is 13.9. The monoisotopic (exact) mass is 482 g/mol.